The third-order valence-electron chi connectivity index (χ3n) is 2.40. The molecule has 0 aliphatic heterocycles. The van der Waals surface area contributed by atoms with Crippen LogP contribution in [0.1, 0.15) is 24.3 Å². The normalized spacial score (nSPS) is 12.9. The van der Waals surface area contributed by atoms with E-state index in [1.807, 2.05) is 19.1 Å². The fourth-order valence-electron chi connectivity index (χ4n) is 1.63. The second-order valence-electron chi connectivity index (χ2n) is 3.42. The van der Waals surface area contributed by atoms with Gasteiger partial charge in [-0.1, -0.05) is 0 Å². The molecule has 1 unspecified atom stereocenters. The zero-order chi connectivity index (χ0) is 10.7. The van der Waals surface area contributed by atoms with E-state index >= 15 is 0 Å². The third kappa shape index (κ3) is 2.10. The number of aryl methyl sites for hydroxylation is 1. The van der Waals surface area contributed by atoms with Crippen molar-refractivity contribution in [1.29, 1.82) is 0 Å². The van der Waals surface area contributed by atoms with E-state index in [2.05, 4.69) is 5.10 Å². The molecule has 1 N–H and O–H groups in total. The summed E-state index contributed by atoms with van der Waals surface area (Å²) in [7, 11) is 0. The van der Waals surface area contributed by atoms with Gasteiger partial charge < -0.3 is 9.52 Å². The standard InChI is InChI=1S/C11H14N2O2/c1-2-13-10(3-5-12-13)11(14)7-9-4-6-15-8-9/h3-6,8,11,14H,2,7H2,1H3. The van der Waals surface area contributed by atoms with Crippen LogP contribution >= 0.6 is 0 Å². The van der Waals surface area contributed by atoms with Crippen molar-refractivity contribution in [1.82, 2.24) is 9.78 Å². The Bertz CT molecular complexity index is 406. The zero-order valence-corrected chi connectivity index (χ0v) is 8.63. The molecule has 0 bridgehead atoms. The minimum Gasteiger partial charge on any atom is -0.472 e. The minimum absolute atomic E-state index is 0.523. The summed E-state index contributed by atoms with van der Waals surface area (Å²) in [4.78, 5) is 0. The van der Waals surface area contributed by atoms with Crippen LogP contribution in [0, 0.1) is 0 Å². The van der Waals surface area contributed by atoms with Gasteiger partial charge in [0.2, 0.25) is 0 Å². The van der Waals surface area contributed by atoms with Crippen molar-refractivity contribution in [2.24, 2.45) is 0 Å². The lowest BCUT2D eigenvalue weighted by Gasteiger charge is -2.10. The molecule has 80 valence electrons. The quantitative estimate of drug-likeness (QED) is 0.829. The van der Waals surface area contributed by atoms with Crippen LogP contribution < -0.4 is 0 Å². The van der Waals surface area contributed by atoms with Crippen LogP contribution in [0.2, 0.25) is 0 Å². The van der Waals surface area contributed by atoms with Gasteiger partial charge in [0, 0.05) is 19.2 Å². The van der Waals surface area contributed by atoms with Crippen molar-refractivity contribution in [3.63, 3.8) is 0 Å². The van der Waals surface area contributed by atoms with Crippen molar-refractivity contribution < 1.29 is 9.52 Å². The Morgan fingerprint density at radius 3 is 3.07 bits per heavy atom. The molecule has 2 aromatic heterocycles. The summed E-state index contributed by atoms with van der Waals surface area (Å²) in [6.45, 7) is 2.77. The summed E-state index contributed by atoms with van der Waals surface area (Å²) >= 11 is 0. The van der Waals surface area contributed by atoms with Crippen molar-refractivity contribution in [2.75, 3.05) is 0 Å². The van der Waals surface area contributed by atoms with Crippen LogP contribution in [-0.4, -0.2) is 14.9 Å². The maximum Gasteiger partial charge on any atom is 0.0998 e. The van der Waals surface area contributed by atoms with Gasteiger partial charge >= 0.3 is 0 Å². The number of aliphatic hydroxyl groups is 1. The first-order valence-corrected chi connectivity index (χ1v) is 5.02. The molecule has 0 radical (unpaired) electrons. The average Bonchev–Trinajstić information content (AvgIpc) is 2.86. The zero-order valence-electron chi connectivity index (χ0n) is 8.63. The van der Waals surface area contributed by atoms with E-state index in [9.17, 15) is 5.11 Å². The van der Waals surface area contributed by atoms with E-state index in [0.717, 1.165) is 17.8 Å². The lowest BCUT2D eigenvalue weighted by Crippen LogP contribution is -2.09. The highest BCUT2D eigenvalue weighted by Gasteiger charge is 2.13. The van der Waals surface area contributed by atoms with Gasteiger partial charge in [-0.2, -0.15) is 5.10 Å². The number of rotatable bonds is 4. The molecule has 0 spiro atoms. The number of hydrogen-bond donors (Lipinski definition) is 1. The van der Waals surface area contributed by atoms with Crippen LogP contribution in [0.25, 0.3) is 0 Å². The Hall–Kier alpha value is -1.55. The number of aliphatic hydroxyl groups excluding tert-OH is 1. The predicted octanol–water partition coefficient (Wildman–Crippen LogP) is 1.77. The number of furan rings is 1. The van der Waals surface area contributed by atoms with Gasteiger partial charge in [-0.15, -0.1) is 0 Å². The lowest BCUT2D eigenvalue weighted by molar-refractivity contribution is 0.167. The van der Waals surface area contributed by atoms with Gasteiger partial charge in [-0.05, 0) is 24.6 Å². The molecular weight excluding hydrogens is 192 g/mol. The molecule has 4 nitrogen and oxygen atoms in total. The average molecular weight is 206 g/mol. The summed E-state index contributed by atoms with van der Waals surface area (Å²) in [6, 6.07) is 3.70. The van der Waals surface area contributed by atoms with Crippen LogP contribution in [-0.2, 0) is 13.0 Å². The van der Waals surface area contributed by atoms with Crippen molar-refractivity contribution in [2.45, 2.75) is 26.0 Å². The minimum atomic E-state index is -0.523. The topological polar surface area (TPSA) is 51.2 Å². The Morgan fingerprint density at radius 2 is 2.40 bits per heavy atom. The van der Waals surface area contributed by atoms with Gasteiger partial charge in [0.1, 0.15) is 0 Å². The first kappa shape index (κ1) is 9.98. The van der Waals surface area contributed by atoms with Crippen LogP contribution in [0.5, 0.6) is 0 Å². The molecule has 2 rings (SSSR count). The molecule has 0 aliphatic carbocycles. The highest BCUT2D eigenvalue weighted by atomic mass is 16.3. The van der Waals surface area contributed by atoms with E-state index in [1.54, 1.807) is 23.4 Å². The molecule has 0 fully saturated rings. The smallest absolute Gasteiger partial charge is 0.0998 e. The lowest BCUT2D eigenvalue weighted by atomic mass is 10.1. The molecule has 0 aromatic carbocycles. The molecule has 0 saturated heterocycles. The Kier molecular flexibility index (Phi) is 2.87. The Labute approximate surface area is 88.1 Å². The maximum atomic E-state index is 9.99. The summed E-state index contributed by atoms with van der Waals surface area (Å²) in [5.41, 5.74) is 1.84. The number of aromatic nitrogens is 2. The molecule has 0 saturated carbocycles. The molecule has 0 amide bonds. The first-order chi connectivity index (χ1) is 7.31. The molecular formula is C11H14N2O2. The monoisotopic (exact) mass is 206 g/mol. The fraction of sp³-hybridized carbons (Fsp3) is 0.364. The van der Waals surface area contributed by atoms with Crippen molar-refractivity contribution in [3.8, 4) is 0 Å². The van der Waals surface area contributed by atoms with Gasteiger partial charge in [-0.3, -0.25) is 4.68 Å². The summed E-state index contributed by atoms with van der Waals surface area (Å²) in [5.74, 6) is 0. The van der Waals surface area contributed by atoms with Crippen LogP contribution in [0.4, 0.5) is 0 Å². The Morgan fingerprint density at radius 1 is 1.53 bits per heavy atom. The van der Waals surface area contributed by atoms with E-state index < -0.39 is 6.10 Å². The van der Waals surface area contributed by atoms with Crippen LogP contribution in [0.3, 0.4) is 0 Å². The number of nitrogens with zero attached hydrogens (tertiary/aromatic N) is 2. The SMILES string of the molecule is CCn1nccc1C(O)Cc1ccoc1. The largest absolute Gasteiger partial charge is 0.472 e. The second kappa shape index (κ2) is 4.31. The highest BCUT2D eigenvalue weighted by molar-refractivity contribution is 5.12. The van der Waals surface area contributed by atoms with Gasteiger partial charge in [0.05, 0.1) is 24.3 Å². The van der Waals surface area contributed by atoms with E-state index in [0.29, 0.717) is 6.42 Å². The summed E-state index contributed by atoms with van der Waals surface area (Å²) in [6.07, 6.45) is 5.00. The highest BCUT2D eigenvalue weighted by Crippen LogP contribution is 2.18. The number of hydrogen-bond acceptors (Lipinski definition) is 3. The summed E-state index contributed by atoms with van der Waals surface area (Å²) < 4.78 is 6.75. The van der Waals surface area contributed by atoms with E-state index in [1.165, 1.54) is 0 Å². The van der Waals surface area contributed by atoms with Crippen molar-refractivity contribution >= 4 is 0 Å². The maximum absolute atomic E-state index is 9.99. The molecule has 0 aliphatic rings. The van der Waals surface area contributed by atoms with Crippen molar-refractivity contribution in [3.05, 3.63) is 42.1 Å². The molecule has 2 heterocycles. The molecule has 2 aromatic rings. The molecule has 1 atom stereocenters. The third-order valence-corrected chi connectivity index (χ3v) is 2.40. The predicted molar refractivity (Wildman–Crippen MR) is 55.3 cm³/mol. The van der Waals surface area contributed by atoms with Gasteiger partial charge in [0.25, 0.3) is 0 Å². The van der Waals surface area contributed by atoms with E-state index in [-0.39, 0.29) is 0 Å². The second-order valence-corrected chi connectivity index (χ2v) is 3.42. The molecule has 4 heteroatoms. The van der Waals surface area contributed by atoms with E-state index in [4.69, 9.17) is 4.42 Å². The fourth-order valence-corrected chi connectivity index (χ4v) is 1.63. The summed E-state index contributed by atoms with van der Waals surface area (Å²) in [5, 5.41) is 14.1. The Balaban J connectivity index is 2.11. The van der Waals surface area contributed by atoms with Gasteiger partial charge in [-0.25, -0.2) is 0 Å². The van der Waals surface area contributed by atoms with Gasteiger partial charge in [0.15, 0.2) is 0 Å². The molecule has 15 heavy (non-hydrogen) atoms. The first-order valence-electron chi connectivity index (χ1n) is 5.02. The van der Waals surface area contributed by atoms with Crippen LogP contribution in [0.15, 0.2) is 35.3 Å².